The van der Waals surface area contributed by atoms with Crippen LogP contribution in [0.5, 0.6) is 11.5 Å². The quantitative estimate of drug-likeness (QED) is 0.265. The molecule has 0 radical (unpaired) electrons. The minimum atomic E-state index is -0.685. The molecule has 1 amide bonds. The maximum absolute atomic E-state index is 13.2. The molecule has 0 heterocycles. The fourth-order valence-corrected chi connectivity index (χ4v) is 2.54. The van der Waals surface area contributed by atoms with Gasteiger partial charge in [-0.25, -0.2) is 14.6 Å². The number of carbonyl (C=O) groups excluding carboxylic acids is 2. The molecule has 3 aromatic rings. The van der Waals surface area contributed by atoms with Gasteiger partial charge in [0.2, 0.25) is 0 Å². The van der Waals surface area contributed by atoms with E-state index in [1.54, 1.807) is 48.5 Å². The van der Waals surface area contributed by atoms with Gasteiger partial charge in [0.1, 0.15) is 17.3 Å². The highest BCUT2D eigenvalue weighted by atomic mass is 35.5. The van der Waals surface area contributed by atoms with Crippen LogP contribution in [0.2, 0.25) is 5.02 Å². The van der Waals surface area contributed by atoms with Gasteiger partial charge in [-0.1, -0.05) is 35.9 Å². The second kappa shape index (κ2) is 10.2. The van der Waals surface area contributed by atoms with Gasteiger partial charge >= 0.3 is 5.97 Å². The summed E-state index contributed by atoms with van der Waals surface area (Å²) < 4.78 is 23.8. The molecule has 0 saturated heterocycles. The summed E-state index contributed by atoms with van der Waals surface area (Å²) in [5.74, 6) is -0.950. The Morgan fingerprint density at radius 3 is 2.57 bits per heavy atom. The number of rotatable bonds is 7. The van der Waals surface area contributed by atoms with Crippen molar-refractivity contribution in [3.8, 4) is 11.5 Å². The molecule has 0 aliphatic carbocycles. The molecule has 1 N–H and O–H groups in total. The van der Waals surface area contributed by atoms with Crippen molar-refractivity contribution in [2.45, 2.75) is 0 Å². The lowest BCUT2D eigenvalue weighted by Gasteiger charge is -2.06. The van der Waals surface area contributed by atoms with E-state index in [1.807, 2.05) is 0 Å². The van der Waals surface area contributed by atoms with Crippen LogP contribution in [0.1, 0.15) is 15.9 Å². The molecule has 3 rings (SSSR count). The minimum Gasteiger partial charge on any atom is -0.484 e. The molecule has 152 valence electrons. The van der Waals surface area contributed by atoms with Gasteiger partial charge in [-0.2, -0.15) is 5.10 Å². The Bertz CT molecular complexity index is 1090. The molecule has 0 fully saturated rings. The third-order valence-electron chi connectivity index (χ3n) is 3.70. The molecule has 0 spiro atoms. The van der Waals surface area contributed by atoms with E-state index in [0.29, 0.717) is 16.3 Å². The minimum absolute atomic E-state index is 0.0982. The average Bonchev–Trinajstić information content (AvgIpc) is 2.73. The van der Waals surface area contributed by atoms with E-state index < -0.39 is 17.7 Å². The van der Waals surface area contributed by atoms with E-state index in [4.69, 9.17) is 21.1 Å². The smallest absolute Gasteiger partial charge is 0.343 e. The summed E-state index contributed by atoms with van der Waals surface area (Å²) in [7, 11) is 0. The van der Waals surface area contributed by atoms with E-state index in [0.717, 1.165) is 6.07 Å². The zero-order chi connectivity index (χ0) is 21.3. The topological polar surface area (TPSA) is 77.0 Å². The zero-order valence-corrected chi connectivity index (χ0v) is 16.3. The van der Waals surface area contributed by atoms with Gasteiger partial charge in [-0.15, -0.1) is 0 Å². The van der Waals surface area contributed by atoms with Crippen molar-refractivity contribution in [1.82, 2.24) is 5.43 Å². The summed E-state index contributed by atoms with van der Waals surface area (Å²) in [6.07, 6.45) is 1.39. The van der Waals surface area contributed by atoms with Gasteiger partial charge < -0.3 is 9.47 Å². The fourth-order valence-electron chi connectivity index (χ4n) is 2.36. The van der Waals surface area contributed by atoms with E-state index in [2.05, 4.69) is 10.5 Å². The normalized spacial score (nSPS) is 10.6. The maximum Gasteiger partial charge on any atom is 0.343 e. The summed E-state index contributed by atoms with van der Waals surface area (Å²) >= 11 is 5.85. The predicted molar refractivity (Wildman–Crippen MR) is 110 cm³/mol. The van der Waals surface area contributed by atoms with E-state index >= 15 is 0 Å². The number of hydrogen-bond acceptors (Lipinski definition) is 5. The third kappa shape index (κ3) is 6.42. The standard InChI is InChI=1S/C22H16ClFN2O4/c23-17-6-3-8-19(12-17)29-14-21(27)26-25-13-15-4-1-9-20(10-15)30-22(28)16-5-2-7-18(24)11-16/h1-13H,14H2,(H,26,27)/b25-13+. The van der Waals surface area contributed by atoms with Gasteiger partial charge in [0.15, 0.2) is 6.61 Å². The van der Waals surface area contributed by atoms with Crippen LogP contribution in [-0.2, 0) is 4.79 Å². The molecule has 0 unspecified atom stereocenters. The Balaban J connectivity index is 1.52. The number of nitrogens with one attached hydrogen (secondary N) is 1. The van der Waals surface area contributed by atoms with Crippen molar-refractivity contribution < 1.29 is 23.5 Å². The highest BCUT2D eigenvalue weighted by Crippen LogP contribution is 2.17. The molecule has 0 aromatic heterocycles. The van der Waals surface area contributed by atoms with Crippen LogP contribution in [0.3, 0.4) is 0 Å². The molecular formula is C22H16ClFN2O4. The van der Waals surface area contributed by atoms with Crippen LogP contribution in [0, 0.1) is 5.82 Å². The Morgan fingerprint density at radius 1 is 1.00 bits per heavy atom. The van der Waals surface area contributed by atoms with Gasteiger partial charge in [0, 0.05) is 5.02 Å². The monoisotopic (exact) mass is 426 g/mol. The fraction of sp³-hybridized carbons (Fsp3) is 0.0455. The Labute approximate surface area is 176 Å². The molecule has 0 saturated carbocycles. The summed E-state index contributed by atoms with van der Waals surface area (Å²) in [5, 5.41) is 4.34. The number of ether oxygens (including phenoxy) is 2. The third-order valence-corrected chi connectivity index (χ3v) is 3.93. The summed E-state index contributed by atoms with van der Waals surface area (Å²) in [6.45, 7) is -0.233. The Hall–Kier alpha value is -3.71. The first kappa shape index (κ1) is 21.0. The first-order chi connectivity index (χ1) is 14.5. The van der Waals surface area contributed by atoms with Crippen molar-refractivity contribution in [3.63, 3.8) is 0 Å². The lowest BCUT2D eigenvalue weighted by Crippen LogP contribution is -2.24. The second-order valence-electron chi connectivity index (χ2n) is 6.01. The lowest BCUT2D eigenvalue weighted by molar-refractivity contribution is -0.123. The molecular weight excluding hydrogens is 411 g/mol. The van der Waals surface area contributed by atoms with Crippen molar-refractivity contribution in [2.75, 3.05) is 6.61 Å². The molecule has 0 aliphatic rings. The van der Waals surface area contributed by atoms with Crippen molar-refractivity contribution in [2.24, 2.45) is 5.10 Å². The summed E-state index contributed by atoms with van der Waals surface area (Å²) in [4.78, 5) is 23.9. The van der Waals surface area contributed by atoms with E-state index in [9.17, 15) is 14.0 Å². The SMILES string of the molecule is O=C(COc1cccc(Cl)c1)N/N=C/c1cccc(OC(=O)c2cccc(F)c2)c1. The number of esters is 1. The number of halogens is 2. The second-order valence-corrected chi connectivity index (χ2v) is 6.45. The van der Waals surface area contributed by atoms with E-state index in [1.165, 1.54) is 24.4 Å². The average molecular weight is 427 g/mol. The summed E-state index contributed by atoms with van der Waals surface area (Å²) in [6, 6.07) is 18.4. The Morgan fingerprint density at radius 2 is 1.77 bits per heavy atom. The molecule has 8 heteroatoms. The number of amides is 1. The van der Waals surface area contributed by atoms with Crippen LogP contribution in [0.25, 0.3) is 0 Å². The molecule has 0 aliphatic heterocycles. The molecule has 3 aromatic carbocycles. The van der Waals surface area contributed by atoms with Gasteiger partial charge in [-0.3, -0.25) is 4.79 Å². The number of hydrazone groups is 1. The zero-order valence-electron chi connectivity index (χ0n) is 15.5. The van der Waals surface area contributed by atoms with Crippen molar-refractivity contribution in [3.05, 3.63) is 94.8 Å². The van der Waals surface area contributed by atoms with Crippen molar-refractivity contribution >= 4 is 29.7 Å². The van der Waals surface area contributed by atoms with Crippen LogP contribution in [-0.4, -0.2) is 24.7 Å². The van der Waals surface area contributed by atoms with E-state index in [-0.39, 0.29) is 17.9 Å². The Kier molecular flexibility index (Phi) is 7.13. The van der Waals surface area contributed by atoms with Crippen LogP contribution < -0.4 is 14.9 Å². The predicted octanol–water partition coefficient (Wildman–Crippen LogP) is 4.23. The molecule has 0 bridgehead atoms. The largest absolute Gasteiger partial charge is 0.484 e. The van der Waals surface area contributed by atoms with Crippen LogP contribution in [0.4, 0.5) is 4.39 Å². The highest BCUT2D eigenvalue weighted by Gasteiger charge is 2.09. The lowest BCUT2D eigenvalue weighted by atomic mass is 10.2. The first-order valence-electron chi connectivity index (χ1n) is 8.78. The molecule has 0 atom stereocenters. The summed E-state index contributed by atoms with van der Waals surface area (Å²) in [5.41, 5.74) is 3.01. The number of hydrogen-bond donors (Lipinski definition) is 1. The number of nitrogens with zero attached hydrogens (tertiary/aromatic N) is 1. The van der Waals surface area contributed by atoms with Crippen LogP contribution in [0.15, 0.2) is 77.9 Å². The first-order valence-corrected chi connectivity index (χ1v) is 9.15. The van der Waals surface area contributed by atoms with Crippen molar-refractivity contribution in [1.29, 1.82) is 0 Å². The maximum atomic E-state index is 13.2. The molecule has 6 nitrogen and oxygen atoms in total. The highest BCUT2D eigenvalue weighted by molar-refractivity contribution is 6.30. The molecule has 30 heavy (non-hydrogen) atoms. The van der Waals surface area contributed by atoms with Gasteiger partial charge in [0.25, 0.3) is 5.91 Å². The van der Waals surface area contributed by atoms with Gasteiger partial charge in [0.05, 0.1) is 11.8 Å². The number of benzene rings is 3. The van der Waals surface area contributed by atoms with Crippen LogP contribution >= 0.6 is 11.6 Å². The number of carbonyl (C=O) groups is 2. The van der Waals surface area contributed by atoms with Gasteiger partial charge in [-0.05, 0) is 54.1 Å².